The van der Waals surface area contributed by atoms with Crippen molar-refractivity contribution in [2.75, 3.05) is 18.0 Å². The number of carboxylic acids is 1. The van der Waals surface area contributed by atoms with E-state index in [-0.39, 0.29) is 33.9 Å². The molecule has 1 unspecified atom stereocenters. The van der Waals surface area contributed by atoms with Crippen molar-refractivity contribution < 1.29 is 19.2 Å². The van der Waals surface area contributed by atoms with E-state index in [4.69, 9.17) is 11.6 Å². The number of halogens is 2. The molecule has 1 aromatic heterocycles. The van der Waals surface area contributed by atoms with E-state index < -0.39 is 27.7 Å². The molecule has 2 fully saturated rings. The number of rotatable bonds is 6. The van der Waals surface area contributed by atoms with Crippen LogP contribution in [0.15, 0.2) is 46.3 Å². The number of hydrogen-bond acceptors (Lipinski definition) is 6. The van der Waals surface area contributed by atoms with Gasteiger partial charge in [-0.3, -0.25) is 19.9 Å². The minimum Gasteiger partial charge on any atom is -0.477 e. The van der Waals surface area contributed by atoms with E-state index in [0.29, 0.717) is 30.6 Å². The van der Waals surface area contributed by atoms with Crippen molar-refractivity contribution in [1.82, 2.24) is 4.57 Å². The van der Waals surface area contributed by atoms with Gasteiger partial charge in [0.25, 0.3) is 5.69 Å². The molecule has 1 saturated carbocycles. The van der Waals surface area contributed by atoms with E-state index >= 15 is 4.39 Å². The van der Waals surface area contributed by atoms with Gasteiger partial charge in [-0.05, 0) is 43.0 Å². The van der Waals surface area contributed by atoms with Crippen LogP contribution in [-0.4, -0.2) is 45.9 Å². The monoisotopic (exact) mass is 498 g/mol. The minimum atomic E-state index is -1.36. The first-order valence-corrected chi connectivity index (χ1v) is 11.4. The first kappa shape index (κ1) is 23.0. The molecule has 35 heavy (non-hydrogen) atoms. The van der Waals surface area contributed by atoms with Crippen LogP contribution in [0.5, 0.6) is 0 Å². The molecule has 9 nitrogen and oxygen atoms in total. The second kappa shape index (κ2) is 8.77. The van der Waals surface area contributed by atoms with E-state index in [0.717, 1.165) is 18.9 Å². The maximum atomic E-state index is 15.3. The Morgan fingerprint density at radius 3 is 2.60 bits per heavy atom. The van der Waals surface area contributed by atoms with Crippen LogP contribution in [0.4, 0.5) is 15.8 Å². The van der Waals surface area contributed by atoms with E-state index in [1.54, 1.807) is 27.8 Å². The fourth-order valence-electron chi connectivity index (χ4n) is 4.45. The number of anilines is 1. The number of hydrogen-bond donors (Lipinski definition) is 1. The zero-order chi connectivity index (χ0) is 24.9. The highest BCUT2D eigenvalue weighted by Crippen LogP contribution is 2.42. The summed E-state index contributed by atoms with van der Waals surface area (Å²) in [7, 11) is 0. The Kier molecular flexibility index (Phi) is 5.76. The summed E-state index contributed by atoms with van der Waals surface area (Å²) in [4.78, 5) is 41.0. The predicted octanol–water partition coefficient (Wildman–Crippen LogP) is 4.43. The number of carboxylic acid groups (broad SMARTS) is 1. The maximum absolute atomic E-state index is 15.3. The summed E-state index contributed by atoms with van der Waals surface area (Å²) in [5.74, 6) is -2.05. The Hall–Kier alpha value is -3.79. The summed E-state index contributed by atoms with van der Waals surface area (Å²) in [6.07, 6.45) is 5.23. The second-order valence-corrected chi connectivity index (χ2v) is 9.13. The summed E-state index contributed by atoms with van der Waals surface area (Å²) in [5.41, 5.74) is 0.0584. The molecular formula is C24H20ClFN4O5. The van der Waals surface area contributed by atoms with E-state index in [9.17, 15) is 24.8 Å². The molecule has 11 heteroatoms. The molecule has 1 aliphatic heterocycles. The van der Waals surface area contributed by atoms with Crippen molar-refractivity contribution in [3.8, 4) is 0 Å². The third-order valence-electron chi connectivity index (χ3n) is 6.37. The number of nitrogens with zero attached hydrogens (tertiary/aromatic N) is 4. The predicted molar refractivity (Wildman–Crippen MR) is 130 cm³/mol. The summed E-state index contributed by atoms with van der Waals surface area (Å²) in [6, 6.07) is 6.98. The lowest BCUT2D eigenvalue weighted by Crippen LogP contribution is -2.24. The highest BCUT2D eigenvalue weighted by atomic mass is 35.5. The molecular weight excluding hydrogens is 479 g/mol. The highest BCUT2D eigenvalue weighted by molar-refractivity contribution is 6.38. The quantitative estimate of drug-likeness (QED) is 0.305. The summed E-state index contributed by atoms with van der Waals surface area (Å²) < 4.78 is 16.9. The molecule has 1 atom stereocenters. The number of aromatic carboxylic acids is 1. The van der Waals surface area contributed by atoms with Crippen LogP contribution >= 0.6 is 11.6 Å². The first-order chi connectivity index (χ1) is 16.7. The molecule has 0 radical (unpaired) electrons. The van der Waals surface area contributed by atoms with Crippen LogP contribution in [0.2, 0.25) is 5.02 Å². The van der Waals surface area contributed by atoms with Crippen molar-refractivity contribution in [3.63, 3.8) is 0 Å². The Bertz CT molecular complexity index is 1450. The van der Waals surface area contributed by atoms with Crippen molar-refractivity contribution in [2.45, 2.75) is 31.3 Å². The van der Waals surface area contributed by atoms with E-state index in [1.165, 1.54) is 18.3 Å². The van der Waals surface area contributed by atoms with Gasteiger partial charge in [-0.2, -0.15) is 0 Å². The van der Waals surface area contributed by atoms with E-state index in [1.807, 2.05) is 0 Å². The summed E-state index contributed by atoms with van der Waals surface area (Å²) >= 11 is 6.69. The SMILES string of the molecule is O=C(O)c1cn(C2CC2)c2c(Cl)c(N3CCC(/N=C/c4ccc([N+](=O)[O-])cc4)C3)c(F)cc2c1=O. The summed E-state index contributed by atoms with van der Waals surface area (Å²) in [5, 5.41) is 20.3. The van der Waals surface area contributed by atoms with Gasteiger partial charge in [-0.15, -0.1) is 0 Å². The molecule has 1 saturated heterocycles. The number of nitro benzene ring substituents is 1. The van der Waals surface area contributed by atoms with Gasteiger partial charge in [0.2, 0.25) is 5.43 Å². The number of benzene rings is 2. The standard InChI is InChI=1S/C24H20ClFN4O5/c25-20-21-17(23(31)18(24(32)33)12-29(21)15-5-6-15)9-19(26)22(20)28-8-7-14(11-28)27-10-13-1-3-16(4-2-13)30(34)35/h1-4,9-10,12,14-15H,5-8,11H2,(H,32,33)/b27-10+. The van der Waals surface area contributed by atoms with Crippen molar-refractivity contribution >= 4 is 46.1 Å². The van der Waals surface area contributed by atoms with Gasteiger partial charge in [-0.1, -0.05) is 11.6 Å². The summed E-state index contributed by atoms with van der Waals surface area (Å²) in [6.45, 7) is 0.887. The van der Waals surface area contributed by atoms with Crippen LogP contribution < -0.4 is 10.3 Å². The topological polar surface area (TPSA) is 118 Å². The van der Waals surface area contributed by atoms with Gasteiger partial charge in [-0.25, -0.2) is 9.18 Å². The van der Waals surface area contributed by atoms with Gasteiger partial charge in [0.15, 0.2) is 0 Å². The van der Waals surface area contributed by atoms with Crippen LogP contribution in [0.25, 0.3) is 10.9 Å². The molecule has 2 aliphatic rings. The molecule has 0 amide bonds. The van der Waals surface area contributed by atoms with Crippen LogP contribution in [0.3, 0.4) is 0 Å². The number of aromatic nitrogens is 1. The van der Waals surface area contributed by atoms with Gasteiger partial charge in [0, 0.05) is 43.7 Å². The fourth-order valence-corrected chi connectivity index (χ4v) is 4.86. The van der Waals surface area contributed by atoms with Crippen LogP contribution in [-0.2, 0) is 0 Å². The molecule has 5 rings (SSSR count). The molecule has 2 heterocycles. The Labute approximate surface area is 203 Å². The lowest BCUT2D eigenvalue weighted by atomic mass is 10.1. The third-order valence-corrected chi connectivity index (χ3v) is 6.73. The smallest absolute Gasteiger partial charge is 0.341 e. The molecule has 1 N–H and O–H groups in total. The number of nitro groups is 1. The average Bonchev–Trinajstić information content (AvgIpc) is 3.56. The average molecular weight is 499 g/mol. The Morgan fingerprint density at radius 1 is 1.26 bits per heavy atom. The molecule has 3 aromatic rings. The Balaban J connectivity index is 1.46. The largest absolute Gasteiger partial charge is 0.477 e. The molecule has 0 spiro atoms. The minimum absolute atomic E-state index is 0.00392. The van der Waals surface area contributed by atoms with Crippen LogP contribution in [0, 0.1) is 15.9 Å². The number of fused-ring (bicyclic) bond motifs is 1. The Morgan fingerprint density at radius 2 is 1.97 bits per heavy atom. The number of non-ortho nitro benzene ring substituents is 1. The van der Waals surface area contributed by atoms with Crippen molar-refractivity contribution in [2.24, 2.45) is 4.99 Å². The number of aliphatic imine (C=N–C) groups is 1. The zero-order valence-corrected chi connectivity index (χ0v) is 19.1. The van der Waals surface area contributed by atoms with Gasteiger partial charge in [0.1, 0.15) is 11.4 Å². The number of pyridine rings is 1. The van der Waals surface area contributed by atoms with Gasteiger partial charge < -0.3 is 14.6 Å². The molecule has 2 aromatic carbocycles. The van der Waals surface area contributed by atoms with E-state index in [2.05, 4.69) is 4.99 Å². The fraction of sp³-hybridized carbons (Fsp3) is 0.292. The molecule has 1 aliphatic carbocycles. The third kappa shape index (κ3) is 4.25. The zero-order valence-electron chi connectivity index (χ0n) is 18.4. The molecule has 0 bridgehead atoms. The van der Waals surface area contributed by atoms with Gasteiger partial charge >= 0.3 is 5.97 Å². The second-order valence-electron chi connectivity index (χ2n) is 8.75. The van der Waals surface area contributed by atoms with Crippen molar-refractivity contribution in [1.29, 1.82) is 0 Å². The van der Waals surface area contributed by atoms with Gasteiger partial charge in [0.05, 0.1) is 32.6 Å². The lowest BCUT2D eigenvalue weighted by molar-refractivity contribution is -0.384. The molecule has 180 valence electrons. The van der Waals surface area contributed by atoms with Crippen molar-refractivity contribution in [3.05, 3.63) is 78.8 Å². The van der Waals surface area contributed by atoms with Crippen LogP contribution in [0.1, 0.15) is 41.2 Å². The number of carbonyl (C=O) groups is 1. The normalized spacial score (nSPS) is 18.0. The first-order valence-electron chi connectivity index (χ1n) is 11.1. The maximum Gasteiger partial charge on any atom is 0.341 e. The highest BCUT2D eigenvalue weighted by Gasteiger charge is 2.32. The lowest BCUT2D eigenvalue weighted by Gasteiger charge is -2.23.